The lowest BCUT2D eigenvalue weighted by molar-refractivity contribution is -0.126. The summed E-state index contributed by atoms with van der Waals surface area (Å²) in [5.41, 5.74) is 4.84. The van der Waals surface area contributed by atoms with Crippen LogP contribution >= 0.6 is 11.6 Å². The third kappa shape index (κ3) is 3.36. The van der Waals surface area contributed by atoms with Crippen molar-refractivity contribution in [3.05, 3.63) is 94.5 Å². The molecule has 180 valence electrons. The van der Waals surface area contributed by atoms with Crippen LogP contribution in [-0.4, -0.2) is 29.8 Å². The Labute approximate surface area is 214 Å². The van der Waals surface area contributed by atoms with Crippen LogP contribution in [0, 0.1) is 25.7 Å². The Kier molecular flexibility index (Phi) is 5.23. The second kappa shape index (κ2) is 8.35. The van der Waals surface area contributed by atoms with E-state index in [-0.39, 0.29) is 17.7 Å². The summed E-state index contributed by atoms with van der Waals surface area (Å²) in [6, 6.07) is 19.0. The molecule has 36 heavy (non-hydrogen) atoms. The summed E-state index contributed by atoms with van der Waals surface area (Å²) < 4.78 is 0. The molecule has 0 aromatic heterocycles. The number of nitrogens with one attached hydrogen (secondary N) is 1. The molecule has 0 saturated carbocycles. The zero-order valence-corrected chi connectivity index (χ0v) is 20.6. The fourth-order valence-corrected chi connectivity index (χ4v) is 5.98. The molecule has 7 heteroatoms. The number of rotatable bonds is 3. The van der Waals surface area contributed by atoms with Crippen molar-refractivity contribution < 1.29 is 14.4 Å². The summed E-state index contributed by atoms with van der Waals surface area (Å²) in [5.74, 6) is -2.41. The molecule has 0 unspecified atom stereocenters. The van der Waals surface area contributed by atoms with Crippen LogP contribution in [-0.2, 0) is 14.4 Å². The lowest BCUT2D eigenvalue weighted by Crippen LogP contribution is -2.50. The topological polar surface area (TPSA) is 69.7 Å². The van der Waals surface area contributed by atoms with Crippen molar-refractivity contribution >= 4 is 52.5 Å². The maximum absolute atomic E-state index is 14.0. The molecule has 2 saturated heterocycles. The Balaban J connectivity index is 1.44. The van der Waals surface area contributed by atoms with Gasteiger partial charge in [0.1, 0.15) is 6.04 Å². The number of anilines is 3. The molecule has 3 amide bonds. The Morgan fingerprint density at radius 3 is 2.36 bits per heavy atom. The minimum absolute atomic E-state index is 0.266. The van der Waals surface area contributed by atoms with Crippen molar-refractivity contribution in [1.82, 2.24) is 0 Å². The summed E-state index contributed by atoms with van der Waals surface area (Å²) in [7, 11) is 0. The molecular formula is C29H24ClN3O3. The number of carbonyl (C=O) groups excluding carboxylic acids is 3. The smallest absolute Gasteiger partial charge is 0.247 e. The number of nitrogens with zero attached hydrogens (tertiary/aromatic N) is 2. The summed E-state index contributed by atoms with van der Waals surface area (Å²) >= 11 is 6.01. The first-order chi connectivity index (χ1) is 17.3. The van der Waals surface area contributed by atoms with Gasteiger partial charge in [-0.05, 0) is 61.4 Å². The summed E-state index contributed by atoms with van der Waals surface area (Å²) in [6.07, 6.45) is 3.93. The normalized spacial score (nSPS) is 24.0. The van der Waals surface area contributed by atoms with E-state index in [2.05, 4.69) is 5.32 Å². The summed E-state index contributed by atoms with van der Waals surface area (Å²) in [5, 5.41) is 3.51. The Hall–Kier alpha value is -3.90. The van der Waals surface area contributed by atoms with Gasteiger partial charge in [0.15, 0.2) is 0 Å². The monoisotopic (exact) mass is 497 g/mol. The highest BCUT2D eigenvalue weighted by Gasteiger charge is 2.64. The van der Waals surface area contributed by atoms with Gasteiger partial charge in [-0.15, -0.1) is 0 Å². The van der Waals surface area contributed by atoms with Crippen molar-refractivity contribution in [2.75, 3.05) is 15.1 Å². The Morgan fingerprint density at radius 2 is 1.61 bits per heavy atom. The number of hydrogen-bond acceptors (Lipinski definition) is 4. The van der Waals surface area contributed by atoms with Crippen LogP contribution in [0.25, 0.3) is 6.08 Å². The molecule has 3 aliphatic rings. The van der Waals surface area contributed by atoms with Crippen LogP contribution in [0.4, 0.5) is 17.1 Å². The predicted molar refractivity (Wildman–Crippen MR) is 141 cm³/mol. The average molecular weight is 498 g/mol. The number of hydrogen-bond donors (Lipinski definition) is 1. The first-order valence-electron chi connectivity index (χ1n) is 11.9. The molecule has 0 bridgehead atoms. The van der Waals surface area contributed by atoms with E-state index < -0.39 is 23.9 Å². The van der Waals surface area contributed by atoms with Crippen LogP contribution in [0.5, 0.6) is 0 Å². The van der Waals surface area contributed by atoms with E-state index in [1.54, 1.807) is 24.3 Å². The Morgan fingerprint density at radius 1 is 0.889 bits per heavy atom. The first-order valence-corrected chi connectivity index (χ1v) is 12.3. The van der Waals surface area contributed by atoms with E-state index in [1.807, 2.05) is 73.4 Å². The third-order valence-electron chi connectivity index (χ3n) is 7.39. The molecule has 3 aromatic rings. The van der Waals surface area contributed by atoms with Gasteiger partial charge in [0, 0.05) is 16.4 Å². The number of carbonyl (C=O) groups is 3. The number of benzene rings is 3. The molecular weight excluding hydrogens is 474 g/mol. The molecule has 6 nitrogen and oxygen atoms in total. The van der Waals surface area contributed by atoms with E-state index in [0.29, 0.717) is 16.4 Å². The van der Waals surface area contributed by atoms with Gasteiger partial charge in [0.05, 0.1) is 23.6 Å². The molecule has 3 aromatic carbocycles. The zero-order valence-electron chi connectivity index (χ0n) is 19.8. The van der Waals surface area contributed by atoms with E-state index in [0.717, 1.165) is 22.4 Å². The maximum Gasteiger partial charge on any atom is 0.247 e. The van der Waals surface area contributed by atoms with Crippen LogP contribution in [0.15, 0.2) is 72.8 Å². The van der Waals surface area contributed by atoms with Crippen molar-refractivity contribution in [2.45, 2.75) is 25.9 Å². The number of amides is 3. The fraction of sp³-hybridized carbons (Fsp3) is 0.207. The van der Waals surface area contributed by atoms with E-state index in [4.69, 9.17) is 11.6 Å². The standard InChI is InChI=1S/C29H24ClN3O3/c1-16-7-13-21(17(2)15-16)33-28(35)24-23-14-8-18-5-3-4-6-22(18)32(23)26(25(24)29(33)36)27(34)31-20-11-9-19(30)10-12-20/h3-15,23-26H,1-2H3,(H,31,34)/t23-,24-,25-,26+/m1/s1. The summed E-state index contributed by atoms with van der Waals surface area (Å²) in [6.45, 7) is 3.86. The van der Waals surface area contributed by atoms with Gasteiger partial charge in [-0.2, -0.15) is 0 Å². The molecule has 6 rings (SSSR count). The lowest BCUT2D eigenvalue weighted by Gasteiger charge is -2.36. The van der Waals surface area contributed by atoms with Crippen LogP contribution in [0.1, 0.15) is 16.7 Å². The molecule has 0 radical (unpaired) electrons. The van der Waals surface area contributed by atoms with Gasteiger partial charge >= 0.3 is 0 Å². The SMILES string of the molecule is Cc1ccc(N2C(=O)[C@@H]3[C@H](C2=O)[C@H]2C=Cc4ccccc4N2[C@@H]3C(=O)Nc2ccc(Cl)cc2)c(C)c1. The summed E-state index contributed by atoms with van der Waals surface area (Å²) in [4.78, 5) is 44.9. The number of fused-ring (bicyclic) bond motifs is 5. The van der Waals surface area contributed by atoms with Crippen LogP contribution < -0.4 is 15.1 Å². The van der Waals surface area contributed by atoms with Gasteiger partial charge in [-0.25, -0.2) is 4.90 Å². The number of aryl methyl sites for hydroxylation is 2. The molecule has 3 aliphatic heterocycles. The van der Waals surface area contributed by atoms with Crippen molar-refractivity contribution in [3.63, 3.8) is 0 Å². The molecule has 3 heterocycles. The number of imide groups is 1. The lowest BCUT2D eigenvalue weighted by atomic mass is 9.88. The fourth-order valence-electron chi connectivity index (χ4n) is 5.86. The van der Waals surface area contributed by atoms with Gasteiger partial charge in [-0.1, -0.05) is 59.6 Å². The van der Waals surface area contributed by atoms with Crippen molar-refractivity contribution in [3.8, 4) is 0 Å². The van der Waals surface area contributed by atoms with Gasteiger partial charge < -0.3 is 10.2 Å². The van der Waals surface area contributed by atoms with Crippen LogP contribution in [0.2, 0.25) is 5.02 Å². The van der Waals surface area contributed by atoms with E-state index in [1.165, 1.54) is 4.90 Å². The minimum Gasteiger partial charge on any atom is -0.351 e. The number of para-hydroxylation sites is 1. The minimum atomic E-state index is -0.853. The van der Waals surface area contributed by atoms with Gasteiger partial charge in [0.2, 0.25) is 17.7 Å². The quantitative estimate of drug-likeness (QED) is 0.518. The highest BCUT2D eigenvalue weighted by Crippen LogP contribution is 2.49. The van der Waals surface area contributed by atoms with Crippen molar-refractivity contribution in [1.29, 1.82) is 0 Å². The van der Waals surface area contributed by atoms with E-state index in [9.17, 15) is 14.4 Å². The second-order valence-electron chi connectivity index (χ2n) is 9.61. The molecule has 1 N–H and O–H groups in total. The predicted octanol–water partition coefficient (Wildman–Crippen LogP) is 4.99. The van der Waals surface area contributed by atoms with Gasteiger partial charge in [-0.3, -0.25) is 14.4 Å². The van der Waals surface area contributed by atoms with Crippen molar-refractivity contribution in [2.24, 2.45) is 11.8 Å². The zero-order chi connectivity index (χ0) is 25.1. The van der Waals surface area contributed by atoms with Crippen LogP contribution in [0.3, 0.4) is 0 Å². The molecule has 2 fully saturated rings. The first kappa shape index (κ1) is 22.6. The van der Waals surface area contributed by atoms with Gasteiger partial charge in [0.25, 0.3) is 0 Å². The molecule has 4 atom stereocenters. The highest BCUT2D eigenvalue weighted by molar-refractivity contribution is 6.30. The second-order valence-corrected chi connectivity index (χ2v) is 10.0. The molecule has 0 spiro atoms. The van der Waals surface area contributed by atoms with E-state index >= 15 is 0 Å². The maximum atomic E-state index is 14.0. The molecule has 0 aliphatic carbocycles. The average Bonchev–Trinajstić information content (AvgIpc) is 3.34. The highest BCUT2D eigenvalue weighted by atomic mass is 35.5. The third-order valence-corrected chi connectivity index (χ3v) is 7.64. The number of halogens is 1. The Bertz CT molecular complexity index is 1450. The largest absolute Gasteiger partial charge is 0.351 e.